The van der Waals surface area contributed by atoms with E-state index in [1.54, 1.807) is 0 Å². The van der Waals surface area contributed by atoms with E-state index < -0.39 is 0 Å². The molecule has 2 rings (SSSR count). The normalized spacial score (nSPS) is 11.3. The molecule has 0 atom stereocenters. The van der Waals surface area contributed by atoms with E-state index >= 15 is 0 Å². The Bertz CT molecular complexity index is 533. The topological polar surface area (TPSA) is 43.8 Å². The summed E-state index contributed by atoms with van der Waals surface area (Å²) in [6.45, 7) is 3.91. The first kappa shape index (κ1) is 14.4. The van der Waals surface area contributed by atoms with Gasteiger partial charge in [0.05, 0.1) is 11.0 Å². The van der Waals surface area contributed by atoms with Crippen LogP contribution in [0.25, 0.3) is 11.0 Å². The fraction of sp³-hybridized carbons (Fsp3) is 0.533. The second-order valence-electron chi connectivity index (χ2n) is 4.86. The summed E-state index contributed by atoms with van der Waals surface area (Å²) in [6.07, 6.45) is 5.78. The maximum atomic E-state index is 6.02. The molecule has 1 heterocycles. The van der Waals surface area contributed by atoms with Gasteiger partial charge in [-0.2, -0.15) is 0 Å². The molecule has 2 N–H and O–H groups in total. The van der Waals surface area contributed by atoms with E-state index in [0.29, 0.717) is 0 Å². The average molecular weight is 280 g/mol. The van der Waals surface area contributed by atoms with Gasteiger partial charge >= 0.3 is 0 Å². The Labute approximate surface area is 119 Å². The molecule has 0 amide bonds. The molecule has 0 bridgehead atoms. The van der Waals surface area contributed by atoms with E-state index in [1.807, 2.05) is 12.1 Å². The van der Waals surface area contributed by atoms with Gasteiger partial charge in [-0.3, -0.25) is 0 Å². The van der Waals surface area contributed by atoms with Crippen LogP contribution in [0.1, 0.15) is 38.4 Å². The molecule has 0 aliphatic heterocycles. The summed E-state index contributed by atoms with van der Waals surface area (Å²) in [5, 5.41) is 0.753. The van der Waals surface area contributed by atoms with Gasteiger partial charge in [-0.1, -0.05) is 24.4 Å². The molecule has 1 aromatic carbocycles. The highest BCUT2D eigenvalue weighted by Gasteiger charge is 2.09. The maximum Gasteiger partial charge on any atom is 0.109 e. The number of unbranched alkanes of at least 4 members (excludes halogenated alkanes) is 3. The molecule has 104 valence electrons. The van der Waals surface area contributed by atoms with Crippen LogP contribution < -0.4 is 5.73 Å². The fourth-order valence-electron chi connectivity index (χ4n) is 2.48. The molecule has 0 saturated heterocycles. The second-order valence-corrected chi connectivity index (χ2v) is 5.29. The van der Waals surface area contributed by atoms with Crippen molar-refractivity contribution in [2.75, 3.05) is 6.54 Å². The van der Waals surface area contributed by atoms with Crippen molar-refractivity contribution in [1.29, 1.82) is 0 Å². The summed E-state index contributed by atoms with van der Waals surface area (Å²) in [7, 11) is 0. The maximum absolute atomic E-state index is 6.02. The summed E-state index contributed by atoms with van der Waals surface area (Å²) in [6, 6.07) is 5.94. The number of fused-ring (bicyclic) bond motifs is 1. The smallest absolute Gasteiger partial charge is 0.109 e. The van der Waals surface area contributed by atoms with Crippen LogP contribution in [0.2, 0.25) is 5.02 Å². The van der Waals surface area contributed by atoms with Crippen LogP contribution in [0.4, 0.5) is 0 Å². The lowest BCUT2D eigenvalue weighted by molar-refractivity contribution is 0.616. The highest BCUT2D eigenvalue weighted by atomic mass is 35.5. The van der Waals surface area contributed by atoms with E-state index in [4.69, 9.17) is 22.3 Å². The van der Waals surface area contributed by atoms with Crippen molar-refractivity contribution in [3.8, 4) is 0 Å². The van der Waals surface area contributed by atoms with Crippen molar-refractivity contribution in [3.63, 3.8) is 0 Å². The number of hydrogen-bond donors (Lipinski definition) is 1. The molecular formula is C15H22ClN3. The molecule has 0 aliphatic rings. The van der Waals surface area contributed by atoms with Crippen LogP contribution in [0.3, 0.4) is 0 Å². The molecule has 0 unspecified atom stereocenters. The lowest BCUT2D eigenvalue weighted by Crippen LogP contribution is -2.02. The molecule has 0 aliphatic carbocycles. The van der Waals surface area contributed by atoms with Crippen LogP contribution in [0, 0.1) is 0 Å². The Kier molecular flexibility index (Phi) is 5.23. The first-order chi connectivity index (χ1) is 9.26. The SMILES string of the molecule is CCn1c(CCCCCCN)nc2cc(Cl)ccc21. The lowest BCUT2D eigenvalue weighted by Gasteiger charge is -2.05. The van der Waals surface area contributed by atoms with E-state index in [0.717, 1.165) is 36.5 Å². The second kappa shape index (κ2) is 6.92. The lowest BCUT2D eigenvalue weighted by atomic mass is 10.1. The Balaban J connectivity index is 2.09. The zero-order valence-electron chi connectivity index (χ0n) is 11.5. The zero-order chi connectivity index (χ0) is 13.7. The first-order valence-corrected chi connectivity index (χ1v) is 7.48. The number of halogens is 1. The van der Waals surface area contributed by atoms with Crippen molar-refractivity contribution < 1.29 is 0 Å². The number of hydrogen-bond acceptors (Lipinski definition) is 2. The molecule has 19 heavy (non-hydrogen) atoms. The number of benzene rings is 1. The van der Waals surface area contributed by atoms with Gasteiger partial charge in [0, 0.05) is 18.0 Å². The van der Waals surface area contributed by atoms with E-state index in [-0.39, 0.29) is 0 Å². The Morgan fingerprint density at radius 3 is 2.74 bits per heavy atom. The summed E-state index contributed by atoms with van der Waals surface area (Å²) in [5.41, 5.74) is 7.69. The van der Waals surface area contributed by atoms with Crippen LogP contribution in [0.15, 0.2) is 18.2 Å². The molecule has 2 aromatic rings. The van der Waals surface area contributed by atoms with Gasteiger partial charge in [0.15, 0.2) is 0 Å². The highest BCUT2D eigenvalue weighted by molar-refractivity contribution is 6.31. The highest BCUT2D eigenvalue weighted by Crippen LogP contribution is 2.21. The Hall–Kier alpha value is -1.06. The minimum atomic E-state index is 0.753. The van der Waals surface area contributed by atoms with Crippen molar-refractivity contribution in [2.45, 2.75) is 45.6 Å². The zero-order valence-corrected chi connectivity index (χ0v) is 12.3. The van der Waals surface area contributed by atoms with Gasteiger partial charge in [-0.25, -0.2) is 4.98 Å². The average Bonchev–Trinajstić information content (AvgIpc) is 2.75. The quantitative estimate of drug-likeness (QED) is 0.784. The largest absolute Gasteiger partial charge is 0.330 e. The van der Waals surface area contributed by atoms with Crippen molar-refractivity contribution in [2.24, 2.45) is 5.73 Å². The molecule has 4 heteroatoms. The van der Waals surface area contributed by atoms with Crippen molar-refractivity contribution in [3.05, 3.63) is 29.0 Å². The molecule has 0 radical (unpaired) electrons. The summed E-state index contributed by atoms with van der Waals surface area (Å²) in [4.78, 5) is 4.72. The van der Waals surface area contributed by atoms with E-state index in [9.17, 15) is 0 Å². The molecule has 0 fully saturated rings. The molecular weight excluding hydrogens is 258 g/mol. The van der Waals surface area contributed by atoms with Crippen LogP contribution in [-0.4, -0.2) is 16.1 Å². The predicted octanol–water partition coefficient (Wildman–Crippen LogP) is 3.77. The minimum Gasteiger partial charge on any atom is -0.330 e. The van der Waals surface area contributed by atoms with E-state index in [2.05, 4.69) is 17.6 Å². The van der Waals surface area contributed by atoms with Crippen LogP contribution >= 0.6 is 11.6 Å². The monoisotopic (exact) mass is 279 g/mol. The molecule has 0 spiro atoms. The molecule has 0 saturated carbocycles. The number of nitrogens with zero attached hydrogens (tertiary/aromatic N) is 2. The van der Waals surface area contributed by atoms with Crippen LogP contribution in [-0.2, 0) is 13.0 Å². The first-order valence-electron chi connectivity index (χ1n) is 7.11. The summed E-state index contributed by atoms with van der Waals surface area (Å²) in [5.74, 6) is 1.17. The predicted molar refractivity (Wildman–Crippen MR) is 81.6 cm³/mol. The summed E-state index contributed by atoms with van der Waals surface area (Å²) >= 11 is 6.02. The summed E-state index contributed by atoms with van der Waals surface area (Å²) < 4.78 is 2.29. The van der Waals surface area contributed by atoms with Gasteiger partial charge in [0.1, 0.15) is 5.82 Å². The van der Waals surface area contributed by atoms with E-state index in [1.165, 1.54) is 30.6 Å². The minimum absolute atomic E-state index is 0.753. The third kappa shape index (κ3) is 3.48. The number of rotatable bonds is 7. The molecule has 3 nitrogen and oxygen atoms in total. The third-order valence-electron chi connectivity index (χ3n) is 3.46. The van der Waals surface area contributed by atoms with Gasteiger partial charge < -0.3 is 10.3 Å². The number of nitrogens with two attached hydrogens (primary N) is 1. The Morgan fingerprint density at radius 2 is 2.00 bits per heavy atom. The standard InChI is InChI=1S/C15H22ClN3/c1-2-19-14-9-8-12(16)11-13(14)18-15(19)7-5-3-4-6-10-17/h8-9,11H,2-7,10,17H2,1H3. The van der Waals surface area contributed by atoms with Gasteiger partial charge in [0.25, 0.3) is 0 Å². The number of imidazole rings is 1. The van der Waals surface area contributed by atoms with Gasteiger partial charge in [0.2, 0.25) is 0 Å². The number of aryl methyl sites for hydroxylation is 2. The Morgan fingerprint density at radius 1 is 1.21 bits per heavy atom. The van der Waals surface area contributed by atoms with Gasteiger partial charge in [-0.05, 0) is 44.5 Å². The fourth-order valence-corrected chi connectivity index (χ4v) is 2.64. The number of aromatic nitrogens is 2. The molecule has 1 aromatic heterocycles. The van der Waals surface area contributed by atoms with Gasteiger partial charge in [-0.15, -0.1) is 0 Å². The van der Waals surface area contributed by atoms with Crippen molar-refractivity contribution in [1.82, 2.24) is 9.55 Å². The third-order valence-corrected chi connectivity index (χ3v) is 3.70. The van der Waals surface area contributed by atoms with Crippen molar-refractivity contribution >= 4 is 22.6 Å². The van der Waals surface area contributed by atoms with Crippen LogP contribution in [0.5, 0.6) is 0 Å².